The smallest absolute Gasteiger partial charge is 0.234 e. The first-order valence-electron chi connectivity index (χ1n) is 8.85. The van der Waals surface area contributed by atoms with Gasteiger partial charge in [0.05, 0.1) is 12.0 Å². The molecule has 1 saturated carbocycles. The van der Waals surface area contributed by atoms with Gasteiger partial charge in [-0.15, -0.1) is 12.4 Å². The lowest BCUT2D eigenvalue weighted by Crippen LogP contribution is -2.44. The van der Waals surface area contributed by atoms with Gasteiger partial charge in [-0.2, -0.15) is 0 Å². The van der Waals surface area contributed by atoms with Crippen molar-refractivity contribution in [3.63, 3.8) is 0 Å². The Morgan fingerprint density at radius 2 is 2.16 bits per heavy atom. The molecule has 4 rings (SSSR count). The molecule has 2 atom stereocenters. The number of carbonyl (C=O) groups is 1. The maximum atomic E-state index is 13.1. The summed E-state index contributed by atoms with van der Waals surface area (Å²) < 4.78 is 2.00. The third-order valence-corrected chi connectivity index (χ3v) is 5.63. The quantitative estimate of drug-likeness (QED) is 0.880. The van der Waals surface area contributed by atoms with E-state index in [9.17, 15) is 4.79 Å². The molecule has 134 valence electrons. The molecule has 25 heavy (non-hydrogen) atoms. The molecule has 1 aromatic carbocycles. The molecule has 1 amide bonds. The molecule has 0 radical (unpaired) electrons. The van der Waals surface area contributed by atoms with E-state index in [1.165, 1.54) is 12.0 Å². The second-order valence-corrected chi connectivity index (χ2v) is 7.05. The third kappa shape index (κ3) is 3.44. The Morgan fingerprint density at radius 3 is 3.00 bits per heavy atom. The van der Waals surface area contributed by atoms with Gasteiger partial charge in [0, 0.05) is 18.9 Å². The summed E-state index contributed by atoms with van der Waals surface area (Å²) in [5.41, 5.74) is 0.948. The van der Waals surface area contributed by atoms with E-state index in [1.807, 2.05) is 29.0 Å². The van der Waals surface area contributed by atoms with Crippen LogP contribution < -0.4 is 10.6 Å². The number of carbonyl (C=O) groups excluding carboxylic acids is 1. The van der Waals surface area contributed by atoms with Gasteiger partial charge in [-0.25, -0.2) is 4.98 Å². The molecule has 0 spiro atoms. The Kier molecular flexibility index (Phi) is 5.45. The van der Waals surface area contributed by atoms with Gasteiger partial charge in [-0.1, -0.05) is 43.2 Å². The zero-order chi connectivity index (χ0) is 16.4. The van der Waals surface area contributed by atoms with Crippen LogP contribution in [0.5, 0.6) is 0 Å². The Bertz CT molecular complexity index is 717. The van der Waals surface area contributed by atoms with Crippen molar-refractivity contribution >= 4 is 24.3 Å². The molecule has 6 heteroatoms. The van der Waals surface area contributed by atoms with Gasteiger partial charge in [0.25, 0.3) is 0 Å². The Morgan fingerprint density at radius 1 is 1.32 bits per heavy atom. The largest absolute Gasteiger partial charge is 0.315 e. The molecule has 2 aliphatic rings. The molecule has 2 N–H and O–H groups in total. The summed E-state index contributed by atoms with van der Waals surface area (Å²) in [7, 11) is 0. The number of aromatic nitrogens is 2. The zero-order valence-corrected chi connectivity index (χ0v) is 15.1. The van der Waals surface area contributed by atoms with Gasteiger partial charge >= 0.3 is 0 Å². The highest BCUT2D eigenvalue weighted by Crippen LogP contribution is 2.44. The first-order valence-corrected chi connectivity index (χ1v) is 8.85. The number of fused-ring (bicyclic) bond motifs is 1. The summed E-state index contributed by atoms with van der Waals surface area (Å²) in [6.45, 7) is 2.47. The summed E-state index contributed by atoms with van der Waals surface area (Å²) in [5, 5.41) is 6.55. The van der Waals surface area contributed by atoms with Gasteiger partial charge in [0.2, 0.25) is 11.9 Å². The van der Waals surface area contributed by atoms with Crippen LogP contribution >= 0.6 is 12.4 Å². The van der Waals surface area contributed by atoms with Crippen LogP contribution in [0.2, 0.25) is 0 Å². The number of nitrogens with one attached hydrogen (secondary N) is 2. The molecule has 2 aromatic rings. The van der Waals surface area contributed by atoms with Crippen LogP contribution in [0.3, 0.4) is 0 Å². The molecule has 1 aliphatic carbocycles. The van der Waals surface area contributed by atoms with Crippen molar-refractivity contribution < 1.29 is 4.79 Å². The summed E-state index contributed by atoms with van der Waals surface area (Å²) in [5.74, 6) is 1.25. The molecule has 1 saturated heterocycles. The van der Waals surface area contributed by atoms with Crippen molar-refractivity contribution in [3.8, 4) is 0 Å². The fourth-order valence-electron chi connectivity index (χ4n) is 4.26. The average Bonchev–Trinajstić information content (AvgIpc) is 3.23. The number of hydrogen-bond donors (Lipinski definition) is 2. The molecule has 2 heterocycles. The highest BCUT2D eigenvalue weighted by atomic mass is 35.5. The standard InChI is InChI=1S/C19H24N4O.ClH/c24-17(19-9-5-4-8-16(19)12-20-14-19)22-18-21-10-11-23(18)13-15-6-2-1-3-7-15;/h1-3,6-7,10-11,16,20H,4-5,8-9,12-14H2,(H,21,22,24);1H/t16-,19+;/m0./s1. The van der Waals surface area contributed by atoms with Gasteiger partial charge in [0.15, 0.2) is 0 Å². The molecular weight excluding hydrogens is 336 g/mol. The predicted octanol–water partition coefficient (Wildman–Crippen LogP) is 3.07. The van der Waals surface area contributed by atoms with Crippen molar-refractivity contribution in [3.05, 3.63) is 48.3 Å². The topological polar surface area (TPSA) is 59.0 Å². The first kappa shape index (κ1) is 18.0. The monoisotopic (exact) mass is 360 g/mol. The molecule has 1 aliphatic heterocycles. The number of hydrogen-bond acceptors (Lipinski definition) is 3. The van der Waals surface area contributed by atoms with Gasteiger partial charge < -0.3 is 9.88 Å². The Hall–Kier alpha value is -1.85. The highest BCUT2D eigenvalue weighted by molar-refractivity contribution is 5.95. The number of amides is 1. The summed E-state index contributed by atoms with van der Waals surface area (Å²) in [6, 6.07) is 10.2. The van der Waals surface area contributed by atoms with Crippen molar-refractivity contribution in [1.82, 2.24) is 14.9 Å². The molecule has 0 unspecified atom stereocenters. The number of benzene rings is 1. The highest BCUT2D eigenvalue weighted by Gasteiger charge is 2.50. The lowest BCUT2D eigenvalue weighted by atomic mass is 9.67. The molecular formula is C19H25ClN4O. The van der Waals surface area contributed by atoms with E-state index in [1.54, 1.807) is 6.20 Å². The van der Waals surface area contributed by atoms with Crippen molar-refractivity contribution in [2.24, 2.45) is 11.3 Å². The zero-order valence-electron chi connectivity index (χ0n) is 14.3. The minimum Gasteiger partial charge on any atom is -0.315 e. The van der Waals surface area contributed by atoms with Gasteiger partial charge in [-0.3, -0.25) is 10.1 Å². The van der Waals surface area contributed by atoms with Crippen LogP contribution in [0.1, 0.15) is 31.2 Å². The summed E-state index contributed by atoms with van der Waals surface area (Å²) >= 11 is 0. The fourth-order valence-corrected chi connectivity index (χ4v) is 4.26. The van der Waals surface area contributed by atoms with Crippen LogP contribution in [0.4, 0.5) is 5.95 Å². The second-order valence-electron chi connectivity index (χ2n) is 7.05. The van der Waals surface area contributed by atoms with Crippen molar-refractivity contribution in [2.45, 2.75) is 32.2 Å². The number of nitrogens with zero attached hydrogens (tertiary/aromatic N) is 2. The van der Waals surface area contributed by atoms with Crippen LogP contribution in [-0.2, 0) is 11.3 Å². The van der Waals surface area contributed by atoms with Crippen molar-refractivity contribution in [1.29, 1.82) is 0 Å². The fraction of sp³-hybridized carbons (Fsp3) is 0.474. The van der Waals surface area contributed by atoms with Crippen LogP contribution in [0.15, 0.2) is 42.7 Å². The third-order valence-electron chi connectivity index (χ3n) is 5.63. The number of anilines is 1. The SMILES string of the molecule is Cl.O=C(Nc1nccn1Cc1ccccc1)[C@@]12CCCC[C@H]1CNC2. The normalized spacial score (nSPS) is 25.0. The van der Waals surface area contributed by atoms with Crippen LogP contribution in [0.25, 0.3) is 0 Å². The van der Waals surface area contributed by atoms with E-state index >= 15 is 0 Å². The molecule has 5 nitrogen and oxygen atoms in total. The average molecular weight is 361 g/mol. The predicted molar refractivity (Wildman–Crippen MR) is 101 cm³/mol. The lowest BCUT2D eigenvalue weighted by molar-refractivity contribution is -0.128. The number of halogens is 1. The van der Waals surface area contributed by atoms with E-state index in [2.05, 4.69) is 27.8 Å². The Labute approximate surface area is 154 Å². The van der Waals surface area contributed by atoms with E-state index in [0.717, 1.165) is 32.4 Å². The lowest BCUT2D eigenvalue weighted by Gasteiger charge is -2.36. The van der Waals surface area contributed by atoms with Crippen LogP contribution in [-0.4, -0.2) is 28.5 Å². The van der Waals surface area contributed by atoms with Crippen LogP contribution in [0, 0.1) is 11.3 Å². The summed E-state index contributed by atoms with van der Waals surface area (Å²) in [4.78, 5) is 17.4. The minimum absolute atomic E-state index is 0. The summed E-state index contributed by atoms with van der Waals surface area (Å²) in [6.07, 6.45) is 8.19. The van der Waals surface area contributed by atoms with E-state index in [-0.39, 0.29) is 23.7 Å². The van der Waals surface area contributed by atoms with E-state index < -0.39 is 0 Å². The maximum Gasteiger partial charge on any atom is 0.234 e. The maximum absolute atomic E-state index is 13.1. The van der Waals surface area contributed by atoms with E-state index in [0.29, 0.717) is 18.4 Å². The number of imidazole rings is 1. The van der Waals surface area contributed by atoms with Gasteiger partial charge in [-0.05, 0) is 30.9 Å². The van der Waals surface area contributed by atoms with E-state index in [4.69, 9.17) is 0 Å². The molecule has 2 fully saturated rings. The number of rotatable bonds is 4. The molecule has 1 aromatic heterocycles. The molecule has 0 bridgehead atoms. The Balaban J connectivity index is 0.00000182. The first-order chi connectivity index (χ1) is 11.8. The van der Waals surface area contributed by atoms with Crippen molar-refractivity contribution in [2.75, 3.05) is 18.4 Å². The minimum atomic E-state index is -0.248. The second kappa shape index (κ2) is 7.58. The van der Waals surface area contributed by atoms with Gasteiger partial charge in [0.1, 0.15) is 0 Å².